The van der Waals surface area contributed by atoms with Crippen LogP contribution in [0.5, 0.6) is 0 Å². The van der Waals surface area contributed by atoms with Gasteiger partial charge in [0.1, 0.15) is 0 Å². The molecule has 0 saturated carbocycles. The summed E-state index contributed by atoms with van der Waals surface area (Å²) in [4.78, 5) is 16.3. The highest BCUT2D eigenvalue weighted by Crippen LogP contribution is 2.33. The van der Waals surface area contributed by atoms with Gasteiger partial charge in [0, 0.05) is 18.3 Å². The van der Waals surface area contributed by atoms with Crippen molar-refractivity contribution in [3.63, 3.8) is 0 Å². The fraction of sp³-hybridized carbons (Fsp3) is 0.409. The Morgan fingerprint density at radius 2 is 1.89 bits per heavy atom. The maximum Gasteiger partial charge on any atom is 0.238 e. The Balaban J connectivity index is 1.72. The molecule has 1 aliphatic heterocycles. The first-order valence-corrected chi connectivity index (χ1v) is 9.47. The number of ether oxygens (including phenoxy) is 1. The molecule has 1 fully saturated rings. The third-order valence-electron chi connectivity index (χ3n) is 4.99. The van der Waals surface area contributed by atoms with Crippen molar-refractivity contribution in [2.45, 2.75) is 19.0 Å². The molecule has 2 atom stereocenters. The van der Waals surface area contributed by atoms with Crippen LogP contribution in [0.15, 0.2) is 54.6 Å². The van der Waals surface area contributed by atoms with E-state index < -0.39 is 0 Å². The average molecular weight is 367 g/mol. The van der Waals surface area contributed by atoms with Gasteiger partial charge < -0.3 is 15.0 Å². The summed E-state index contributed by atoms with van der Waals surface area (Å²) in [5, 5.41) is 2.94. The van der Waals surface area contributed by atoms with Crippen molar-refractivity contribution < 1.29 is 9.53 Å². The van der Waals surface area contributed by atoms with Gasteiger partial charge in [-0.25, -0.2) is 0 Å². The standard InChI is InChI=1S/C22H29N3O2/c1-17(18-7-5-4-6-8-18)25-13-14-27-16-21(25)19-9-11-20(12-10-19)23-22(26)15-24(2)3/h4-12,17,21H,13-16H2,1-3H3,(H,23,26)/t17-,21?/m1/s1. The van der Waals surface area contributed by atoms with E-state index in [1.54, 1.807) is 0 Å². The molecular formula is C22H29N3O2. The van der Waals surface area contributed by atoms with E-state index >= 15 is 0 Å². The molecule has 3 rings (SSSR count). The maximum atomic E-state index is 11.9. The molecule has 5 nitrogen and oxygen atoms in total. The van der Waals surface area contributed by atoms with Crippen LogP contribution in [0.25, 0.3) is 0 Å². The summed E-state index contributed by atoms with van der Waals surface area (Å²) in [7, 11) is 3.77. The lowest BCUT2D eigenvalue weighted by molar-refractivity contribution is -0.116. The maximum absolute atomic E-state index is 11.9. The van der Waals surface area contributed by atoms with Crippen LogP contribution in [0.4, 0.5) is 5.69 Å². The van der Waals surface area contributed by atoms with Crippen LogP contribution in [-0.4, -0.2) is 56.1 Å². The summed E-state index contributed by atoms with van der Waals surface area (Å²) < 4.78 is 5.77. The molecular weight excluding hydrogens is 338 g/mol. The third kappa shape index (κ3) is 5.16. The van der Waals surface area contributed by atoms with Crippen molar-refractivity contribution in [3.8, 4) is 0 Å². The van der Waals surface area contributed by atoms with Gasteiger partial charge in [-0.1, -0.05) is 42.5 Å². The number of morpholine rings is 1. The number of nitrogens with zero attached hydrogens (tertiary/aromatic N) is 2. The van der Waals surface area contributed by atoms with Gasteiger partial charge in [0.15, 0.2) is 0 Å². The summed E-state index contributed by atoms with van der Waals surface area (Å²) in [6.45, 7) is 4.97. The minimum absolute atomic E-state index is 0.00641. The molecule has 1 aliphatic rings. The van der Waals surface area contributed by atoms with E-state index in [0.717, 1.165) is 18.8 Å². The van der Waals surface area contributed by atoms with Crippen molar-refractivity contribution >= 4 is 11.6 Å². The molecule has 1 N–H and O–H groups in total. The number of anilines is 1. The van der Waals surface area contributed by atoms with Crippen LogP contribution in [0.1, 0.15) is 30.1 Å². The molecule has 1 saturated heterocycles. The van der Waals surface area contributed by atoms with Crippen molar-refractivity contribution in [3.05, 3.63) is 65.7 Å². The van der Waals surface area contributed by atoms with Crippen molar-refractivity contribution in [1.82, 2.24) is 9.80 Å². The molecule has 0 bridgehead atoms. The molecule has 1 unspecified atom stereocenters. The van der Waals surface area contributed by atoms with E-state index in [2.05, 4.69) is 59.6 Å². The Morgan fingerprint density at radius 1 is 1.19 bits per heavy atom. The molecule has 2 aromatic carbocycles. The normalized spacial score (nSPS) is 19.0. The first-order valence-electron chi connectivity index (χ1n) is 9.47. The Morgan fingerprint density at radius 3 is 2.56 bits per heavy atom. The Labute approximate surface area is 161 Å². The van der Waals surface area contributed by atoms with E-state index in [9.17, 15) is 4.79 Å². The summed E-state index contributed by atoms with van der Waals surface area (Å²) in [6.07, 6.45) is 0. The highest BCUT2D eigenvalue weighted by atomic mass is 16.5. The second-order valence-electron chi connectivity index (χ2n) is 7.32. The second-order valence-corrected chi connectivity index (χ2v) is 7.32. The topological polar surface area (TPSA) is 44.8 Å². The summed E-state index contributed by atoms with van der Waals surface area (Å²) >= 11 is 0. The number of carbonyl (C=O) groups excluding carboxylic acids is 1. The van der Waals surface area contributed by atoms with Crippen molar-refractivity contribution in [2.75, 3.05) is 45.7 Å². The number of likely N-dealkylation sites (N-methyl/N-ethyl adjacent to an activating group) is 1. The van der Waals surface area contributed by atoms with Crippen LogP contribution in [0.2, 0.25) is 0 Å². The van der Waals surface area contributed by atoms with Crippen LogP contribution >= 0.6 is 0 Å². The summed E-state index contributed by atoms with van der Waals surface area (Å²) in [6, 6.07) is 19.3. The Hall–Kier alpha value is -2.21. The molecule has 27 heavy (non-hydrogen) atoms. The van der Waals surface area contributed by atoms with Gasteiger partial charge in [-0.05, 0) is 44.3 Å². The van der Waals surface area contributed by atoms with E-state index in [4.69, 9.17) is 4.74 Å². The zero-order valence-corrected chi connectivity index (χ0v) is 16.4. The smallest absolute Gasteiger partial charge is 0.238 e. The molecule has 0 spiro atoms. The van der Waals surface area contributed by atoms with Crippen LogP contribution < -0.4 is 5.32 Å². The highest BCUT2D eigenvalue weighted by Gasteiger charge is 2.29. The van der Waals surface area contributed by atoms with E-state index in [1.165, 1.54) is 11.1 Å². The zero-order valence-electron chi connectivity index (χ0n) is 16.4. The van der Waals surface area contributed by atoms with Gasteiger partial charge in [-0.2, -0.15) is 0 Å². The van der Waals surface area contributed by atoms with Crippen LogP contribution in [0, 0.1) is 0 Å². The predicted octanol–water partition coefficient (Wildman–Crippen LogP) is 3.32. The lowest BCUT2D eigenvalue weighted by atomic mass is 9.99. The zero-order chi connectivity index (χ0) is 19.2. The number of hydrogen-bond acceptors (Lipinski definition) is 4. The SMILES string of the molecule is C[C@H](c1ccccc1)N1CCOCC1c1ccc(NC(=O)CN(C)C)cc1. The van der Waals surface area contributed by atoms with E-state index in [1.807, 2.05) is 31.1 Å². The molecule has 0 aromatic heterocycles. The van der Waals surface area contributed by atoms with E-state index in [0.29, 0.717) is 19.2 Å². The Kier molecular flexibility index (Phi) is 6.61. The first kappa shape index (κ1) is 19.5. The summed E-state index contributed by atoms with van der Waals surface area (Å²) in [5.41, 5.74) is 3.35. The monoisotopic (exact) mass is 367 g/mol. The van der Waals surface area contributed by atoms with Gasteiger partial charge >= 0.3 is 0 Å². The molecule has 0 aliphatic carbocycles. The molecule has 0 radical (unpaired) electrons. The van der Waals surface area contributed by atoms with Gasteiger partial charge in [-0.15, -0.1) is 0 Å². The molecule has 144 valence electrons. The van der Waals surface area contributed by atoms with Crippen LogP contribution in [-0.2, 0) is 9.53 Å². The number of nitrogens with one attached hydrogen (secondary N) is 1. The molecule has 5 heteroatoms. The second kappa shape index (κ2) is 9.13. The minimum Gasteiger partial charge on any atom is -0.378 e. The number of benzene rings is 2. The van der Waals surface area contributed by atoms with Crippen molar-refractivity contribution in [1.29, 1.82) is 0 Å². The largest absolute Gasteiger partial charge is 0.378 e. The van der Waals surface area contributed by atoms with Crippen molar-refractivity contribution in [2.24, 2.45) is 0 Å². The minimum atomic E-state index is -0.00641. The molecule has 1 amide bonds. The lowest BCUT2D eigenvalue weighted by Crippen LogP contribution is -2.41. The van der Waals surface area contributed by atoms with Gasteiger partial charge in [-0.3, -0.25) is 9.69 Å². The fourth-order valence-corrected chi connectivity index (χ4v) is 3.57. The van der Waals surface area contributed by atoms with E-state index in [-0.39, 0.29) is 11.9 Å². The predicted molar refractivity (Wildman–Crippen MR) is 109 cm³/mol. The quantitative estimate of drug-likeness (QED) is 0.851. The van der Waals surface area contributed by atoms with Gasteiger partial charge in [0.25, 0.3) is 0 Å². The third-order valence-corrected chi connectivity index (χ3v) is 4.99. The number of amides is 1. The number of rotatable bonds is 6. The molecule has 1 heterocycles. The number of hydrogen-bond donors (Lipinski definition) is 1. The van der Waals surface area contributed by atoms with Gasteiger partial charge in [0.05, 0.1) is 25.8 Å². The average Bonchev–Trinajstić information content (AvgIpc) is 2.68. The van der Waals surface area contributed by atoms with Crippen LogP contribution in [0.3, 0.4) is 0 Å². The highest BCUT2D eigenvalue weighted by molar-refractivity contribution is 5.92. The first-order chi connectivity index (χ1) is 13.0. The Bertz CT molecular complexity index is 731. The summed E-state index contributed by atoms with van der Waals surface area (Å²) in [5.74, 6) is -0.00641. The number of carbonyl (C=O) groups is 1. The molecule has 2 aromatic rings. The van der Waals surface area contributed by atoms with Gasteiger partial charge in [0.2, 0.25) is 5.91 Å². The lowest BCUT2D eigenvalue weighted by Gasteiger charge is -2.40. The fourth-order valence-electron chi connectivity index (χ4n) is 3.57.